The monoisotopic (exact) mass is 533 g/mol. The van der Waals surface area contributed by atoms with Crippen molar-refractivity contribution in [3.63, 3.8) is 0 Å². The molecular weight excluding hydrogens is 517 g/mol. The van der Waals surface area contributed by atoms with Gasteiger partial charge in [-0.05, 0) is 53.7 Å². The smallest absolute Gasteiger partial charge is 0.293 e. The molecule has 0 radical (unpaired) electrons. The van der Waals surface area contributed by atoms with Crippen LogP contribution >= 0.6 is 46.6 Å². The highest BCUT2D eigenvalue weighted by Gasteiger charge is 2.36. The van der Waals surface area contributed by atoms with Crippen molar-refractivity contribution in [2.45, 2.75) is 13.2 Å². The topological polar surface area (TPSA) is 55.8 Å². The van der Waals surface area contributed by atoms with Crippen molar-refractivity contribution in [1.29, 1.82) is 0 Å². The van der Waals surface area contributed by atoms with Crippen LogP contribution in [0.3, 0.4) is 0 Å². The number of hydrogen-bond donors (Lipinski definition) is 0. The van der Waals surface area contributed by atoms with E-state index in [4.69, 9.17) is 44.3 Å². The van der Waals surface area contributed by atoms with Crippen molar-refractivity contribution in [3.8, 4) is 11.5 Å². The van der Waals surface area contributed by atoms with Crippen LogP contribution in [0.2, 0.25) is 15.1 Å². The minimum absolute atomic E-state index is 0.0171. The Morgan fingerprint density at radius 3 is 2.38 bits per heavy atom. The summed E-state index contributed by atoms with van der Waals surface area (Å²) < 4.78 is 11.5. The predicted molar refractivity (Wildman–Crippen MR) is 137 cm³/mol. The summed E-state index contributed by atoms with van der Waals surface area (Å²) in [6.07, 6.45) is 1.62. The highest BCUT2D eigenvalue weighted by atomic mass is 35.5. The minimum Gasteiger partial charge on any atom is -0.493 e. The average molecular weight is 535 g/mol. The Kier molecular flexibility index (Phi) is 7.73. The molecule has 1 aliphatic rings. The zero-order valence-electron chi connectivity index (χ0n) is 17.9. The summed E-state index contributed by atoms with van der Waals surface area (Å²) in [5.41, 5.74) is 1.99. The maximum atomic E-state index is 13.1. The third kappa shape index (κ3) is 5.36. The van der Waals surface area contributed by atoms with Gasteiger partial charge >= 0.3 is 0 Å². The largest absolute Gasteiger partial charge is 0.493 e. The molecular formula is C25H18Cl3NO4S. The molecule has 3 aromatic rings. The van der Waals surface area contributed by atoms with Crippen LogP contribution in [0.15, 0.2) is 65.6 Å². The summed E-state index contributed by atoms with van der Waals surface area (Å²) in [7, 11) is 1.53. The minimum atomic E-state index is -0.436. The van der Waals surface area contributed by atoms with Gasteiger partial charge in [0.2, 0.25) is 0 Å². The van der Waals surface area contributed by atoms with E-state index in [2.05, 4.69) is 0 Å². The van der Waals surface area contributed by atoms with Crippen LogP contribution in [0.4, 0.5) is 4.79 Å². The van der Waals surface area contributed by atoms with Gasteiger partial charge in [0.1, 0.15) is 6.61 Å². The van der Waals surface area contributed by atoms with E-state index in [1.807, 2.05) is 18.2 Å². The van der Waals surface area contributed by atoms with Crippen LogP contribution in [0.5, 0.6) is 11.5 Å². The average Bonchev–Trinajstić information content (AvgIpc) is 3.07. The summed E-state index contributed by atoms with van der Waals surface area (Å²) in [6.45, 7) is 0.227. The summed E-state index contributed by atoms with van der Waals surface area (Å²) >= 11 is 19.4. The van der Waals surface area contributed by atoms with E-state index in [-0.39, 0.29) is 18.1 Å². The number of thioether (sulfide) groups is 1. The second kappa shape index (κ2) is 10.7. The second-order valence-electron chi connectivity index (χ2n) is 7.27. The molecule has 9 heteroatoms. The van der Waals surface area contributed by atoms with Crippen molar-refractivity contribution in [2.75, 3.05) is 7.11 Å². The molecule has 0 unspecified atom stereocenters. The van der Waals surface area contributed by atoms with Crippen molar-refractivity contribution >= 4 is 63.8 Å². The molecule has 0 aliphatic carbocycles. The second-order valence-corrected chi connectivity index (χ2v) is 9.51. The first-order chi connectivity index (χ1) is 16.4. The first kappa shape index (κ1) is 24.5. The lowest BCUT2D eigenvalue weighted by Gasteiger charge is -2.15. The fourth-order valence-electron chi connectivity index (χ4n) is 3.36. The number of rotatable bonds is 7. The molecule has 0 spiro atoms. The van der Waals surface area contributed by atoms with Crippen molar-refractivity contribution in [1.82, 2.24) is 4.90 Å². The molecule has 34 heavy (non-hydrogen) atoms. The number of carbonyl (C=O) groups excluding carboxylic acids is 2. The highest BCUT2D eigenvalue weighted by molar-refractivity contribution is 8.18. The van der Waals surface area contributed by atoms with Crippen LogP contribution < -0.4 is 9.47 Å². The lowest BCUT2D eigenvalue weighted by Crippen LogP contribution is -2.27. The molecule has 0 bridgehead atoms. The maximum absolute atomic E-state index is 13.1. The van der Waals surface area contributed by atoms with Gasteiger partial charge < -0.3 is 9.47 Å². The van der Waals surface area contributed by atoms with E-state index in [1.54, 1.807) is 48.5 Å². The Balaban J connectivity index is 1.61. The number of hydrogen-bond acceptors (Lipinski definition) is 5. The molecule has 0 aromatic heterocycles. The fraction of sp³-hybridized carbons (Fsp3) is 0.120. The summed E-state index contributed by atoms with van der Waals surface area (Å²) in [4.78, 5) is 27.1. The van der Waals surface area contributed by atoms with E-state index in [0.29, 0.717) is 37.7 Å². The standard InChI is InChI=1S/C25H18Cl3NO4S/c1-32-21-10-3-6-16(23(21)33-14-15-5-2-7-17(26)11-15)12-22-24(30)29(25(31)34-22)13-18-19(27)8-4-9-20(18)28/h2-12H,13-14H2,1H3/b22-12-. The molecule has 0 saturated carbocycles. The van der Waals surface area contributed by atoms with Gasteiger partial charge in [0.15, 0.2) is 11.5 Å². The molecule has 1 heterocycles. The third-order valence-electron chi connectivity index (χ3n) is 5.04. The molecule has 0 N–H and O–H groups in total. The molecule has 3 aromatic carbocycles. The number of amides is 2. The maximum Gasteiger partial charge on any atom is 0.293 e. The Morgan fingerprint density at radius 1 is 0.971 bits per heavy atom. The Bertz CT molecular complexity index is 1270. The van der Waals surface area contributed by atoms with Crippen LogP contribution in [-0.2, 0) is 17.9 Å². The first-order valence-electron chi connectivity index (χ1n) is 10.1. The van der Waals surface area contributed by atoms with Crippen molar-refractivity contribution in [3.05, 3.63) is 97.3 Å². The predicted octanol–water partition coefficient (Wildman–Crippen LogP) is 7.47. The van der Waals surface area contributed by atoms with Gasteiger partial charge in [-0.3, -0.25) is 14.5 Å². The molecule has 1 aliphatic heterocycles. The van der Waals surface area contributed by atoms with E-state index >= 15 is 0 Å². The number of para-hydroxylation sites is 1. The number of methoxy groups -OCH3 is 1. The van der Waals surface area contributed by atoms with Gasteiger partial charge in [0, 0.05) is 26.2 Å². The summed E-state index contributed by atoms with van der Waals surface area (Å²) in [6, 6.07) is 17.7. The number of carbonyl (C=O) groups is 2. The zero-order chi connectivity index (χ0) is 24.2. The lowest BCUT2D eigenvalue weighted by molar-refractivity contribution is -0.123. The van der Waals surface area contributed by atoms with Crippen LogP contribution in [0.25, 0.3) is 6.08 Å². The lowest BCUT2D eigenvalue weighted by atomic mass is 10.1. The normalized spacial score (nSPS) is 14.7. The van der Waals surface area contributed by atoms with Gasteiger partial charge in [0.05, 0.1) is 18.6 Å². The highest BCUT2D eigenvalue weighted by Crippen LogP contribution is 2.39. The van der Waals surface area contributed by atoms with Gasteiger partial charge in [-0.1, -0.05) is 65.1 Å². The van der Waals surface area contributed by atoms with E-state index in [0.717, 1.165) is 22.2 Å². The summed E-state index contributed by atoms with van der Waals surface area (Å²) in [5, 5.41) is 0.977. The Morgan fingerprint density at radius 2 is 1.68 bits per heavy atom. The van der Waals surface area contributed by atoms with Crippen LogP contribution in [0.1, 0.15) is 16.7 Å². The molecule has 0 atom stereocenters. The van der Waals surface area contributed by atoms with Crippen molar-refractivity contribution in [2.24, 2.45) is 0 Å². The fourth-order valence-corrected chi connectivity index (χ4v) is 4.92. The SMILES string of the molecule is COc1cccc(/C=C2\SC(=O)N(Cc3c(Cl)cccc3Cl)C2=O)c1OCc1cccc(Cl)c1. The molecule has 4 rings (SSSR count). The number of halogens is 3. The van der Waals surface area contributed by atoms with E-state index in [1.165, 1.54) is 7.11 Å². The van der Waals surface area contributed by atoms with Gasteiger partial charge in [-0.15, -0.1) is 0 Å². The van der Waals surface area contributed by atoms with Crippen LogP contribution in [-0.4, -0.2) is 23.2 Å². The first-order valence-corrected chi connectivity index (χ1v) is 12.0. The van der Waals surface area contributed by atoms with Gasteiger partial charge in [0.25, 0.3) is 11.1 Å². The van der Waals surface area contributed by atoms with Gasteiger partial charge in [-0.2, -0.15) is 0 Å². The Labute approximate surface area is 216 Å². The Hall–Kier alpha value is -2.64. The zero-order valence-corrected chi connectivity index (χ0v) is 21.0. The van der Waals surface area contributed by atoms with Crippen LogP contribution in [0, 0.1) is 0 Å². The number of benzene rings is 3. The van der Waals surface area contributed by atoms with Gasteiger partial charge in [-0.25, -0.2) is 0 Å². The van der Waals surface area contributed by atoms with E-state index < -0.39 is 11.1 Å². The molecule has 1 saturated heterocycles. The molecule has 5 nitrogen and oxygen atoms in total. The van der Waals surface area contributed by atoms with E-state index in [9.17, 15) is 9.59 Å². The summed E-state index contributed by atoms with van der Waals surface area (Å²) in [5.74, 6) is 0.512. The number of nitrogens with zero attached hydrogens (tertiary/aromatic N) is 1. The van der Waals surface area contributed by atoms with Crippen molar-refractivity contribution < 1.29 is 19.1 Å². The molecule has 174 valence electrons. The quantitative estimate of drug-likeness (QED) is 0.294. The molecule has 2 amide bonds. The molecule has 1 fully saturated rings. The number of ether oxygens (including phenoxy) is 2. The number of imide groups is 1. The third-order valence-corrected chi connectivity index (χ3v) is 6.89.